The summed E-state index contributed by atoms with van der Waals surface area (Å²) in [7, 11) is 1.60. The zero-order valence-electron chi connectivity index (χ0n) is 20.4. The van der Waals surface area contributed by atoms with E-state index in [9.17, 15) is 9.18 Å². The van der Waals surface area contributed by atoms with E-state index in [4.69, 9.17) is 9.26 Å². The summed E-state index contributed by atoms with van der Waals surface area (Å²) in [5.41, 5.74) is 4.99. The van der Waals surface area contributed by atoms with Crippen molar-refractivity contribution in [1.29, 1.82) is 0 Å². The summed E-state index contributed by atoms with van der Waals surface area (Å²) in [5.74, 6) is 1.09. The Morgan fingerprint density at radius 2 is 1.72 bits per heavy atom. The van der Waals surface area contributed by atoms with Gasteiger partial charge < -0.3 is 14.6 Å². The Hall–Kier alpha value is -4.46. The van der Waals surface area contributed by atoms with Crippen LogP contribution in [0.5, 0.6) is 5.75 Å². The first-order valence-corrected chi connectivity index (χ1v) is 11.5. The van der Waals surface area contributed by atoms with Gasteiger partial charge in [0.15, 0.2) is 0 Å². The lowest BCUT2D eigenvalue weighted by Crippen LogP contribution is -2.46. The van der Waals surface area contributed by atoms with Crippen molar-refractivity contribution in [2.45, 2.75) is 26.8 Å². The first kappa shape index (κ1) is 23.3. The summed E-state index contributed by atoms with van der Waals surface area (Å²) in [6, 6.07) is 18.9. The van der Waals surface area contributed by atoms with Crippen LogP contribution in [0.1, 0.15) is 35.5 Å². The largest absolute Gasteiger partial charge is 0.497 e. The number of urea groups is 1. The Labute approximate surface area is 208 Å². The lowest BCUT2D eigenvalue weighted by Gasteiger charge is -2.35. The first-order chi connectivity index (χ1) is 17.4. The minimum absolute atomic E-state index is 0.285. The zero-order valence-corrected chi connectivity index (χ0v) is 20.4. The van der Waals surface area contributed by atoms with Gasteiger partial charge in [0.05, 0.1) is 24.4 Å². The maximum absolute atomic E-state index is 14.0. The van der Waals surface area contributed by atoms with Gasteiger partial charge >= 0.3 is 6.03 Å². The molecule has 1 unspecified atom stereocenters. The number of ether oxygens (including phenoxy) is 1. The summed E-state index contributed by atoms with van der Waals surface area (Å²) in [5, 5.41) is 7.26. The molecular formula is C28H25FN4O3. The third-order valence-electron chi connectivity index (χ3n) is 6.30. The summed E-state index contributed by atoms with van der Waals surface area (Å²) in [6.07, 6.45) is 0. The number of carbonyl (C=O) groups is 1. The molecule has 2 heterocycles. The third kappa shape index (κ3) is 4.22. The monoisotopic (exact) mass is 484 g/mol. The predicted molar refractivity (Wildman–Crippen MR) is 135 cm³/mol. The van der Waals surface area contributed by atoms with Crippen molar-refractivity contribution < 1.29 is 18.4 Å². The fourth-order valence-electron chi connectivity index (χ4n) is 4.30. The number of aromatic nitrogens is 2. The number of methoxy groups -OCH3 is 1. The van der Waals surface area contributed by atoms with Gasteiger partial charge in [-0.05, 0) is 62.2 Å². The van der Waals surface area contributed by atoms with Crippen molar-refractivity contribution in [3.63, 3.8) is 0 Å². The minimum Gasteiger partial charge on any atom is -0.497 e. The summed E-state index contributed by atoms with van der Waals surface area (Å²) in [4.78, 5) is 19.5. The predicted octanol–water partition coefficient (Wildman–Crippen LogP) is 6.20. The first-order valence-electron chi connectivity index (χ1n) is 11.5. The van der Waals surface area contributed by atoms with Crippen molar-refractivity contribution in [1.82, 2.24) is 15.5 Å². The molecule has 182 valence electrons. The number of aryl methyl sites for hydroxylation is 2. The fourth-order valence-corrected chi connectivity index (χ4v) is 4.30. The number of rotatable bonds is 5. The number of hydrogen-bond acceptors (Lipinski definition) is 5. The highest BCUT2D eigenvalue weighted by Crippen LogP contribution is 2.39. The second-order valence-electron chi connectivity index (χ2n) is 8.71. The summed E-state index contributed by atoms with van der Waals surface area (Å²) >= 11 is 0. The Balaban J connectivity index is 1.65. The normalized spacial score (nSPS) is 15.8. The molecule has 3 aromatic carbocycles. The van der Waals surface area contributed by atoms with Crippen LogP contribution in [0, 0.1) is 19.7 Å². The third-order valence-corrected chi connectivity index (χ3v) is 6.30. The van der Waals surface area contributed by atoms with Crippen LogP contribution in [0.4, 0.5) is 14.9 Å². The molecule has 0 radical (unpaired) electrons. The number of anilines is 1. The average molecular weight is 485 g/mol. The molecule has 0 bridgehead atoms. The molecule has 8 heteroatoms. The number of benzene rings is 3. The molecule has 0 spiro atoms. The minimum atomic E-state index is -0.549. The molecule has 0 fully saturated rings. The fraction of sp³-hybridized carbons (Fsp3) is 0.179. The molecule has 7 nitrogen and oxygen atoms in total. The highest BCUT2D eigenvalue weighted by Gasteiger charge is 2.36. The van der Waals surface area contributed by atoms with Crippen molar-refractivity contribution >= 4 is 17.3 Å². The molecule has 4 aromatic rings. The standard InChI is InChI=1S/C28H25FN4O3/c1-16-5-7-20(8-6-16)26-31-27(36-32-26)24-18(3)33(21-11-14-23(29)17(2)15-21)28(34)30-25(24)19-9-12-22(35-4)13-10-19/h5-15,25H,1-4H3,(H,30,34). The maximum Gasteiger partial charge on any atom is 0.326 e. The van der Waals surface area contributed by atoms with Gasteiger partial charge in [0, 0.05) is 11.3 Å². The van der Waals surface area contributed by atoms with Crippen LogP contribution in [0.2, 0.25) is 0 Å². The van der Waals surface area contributed by atoms with E-state index in [1.54, 1.807) is 26.2 Å². The number of allylic oxidation sites excluding steroid dienone is 1. The van der Waals surface area contributed by atoms with Crippen LogP contribution >= 0.6 is 0 Å². The number of carbonyl (C=O) groups excluding carboxylic acids is 1. The lowest BCUT2D eigenvalue weighted by molar-refractivity contribution is 0.244. The van der Waals surface area contributed by atoms with Gasteiger partial charge in [-0.25, -0.2) is 9.18 Å². The second kappa shape index (κ2) is 9.30. The molecule has 1 atom stereocenters. The number of nitrogens with zero attached hydrogens (tertiary/aromatic N) is 3. The van der Waals surface area contributed by atoms with Gasteiger partial charge in [0.25, 0.3) is 5.89 Å². The van der Waals surface area contributed by atoms with Crippen LogP contribution in [0.3, 0.4) is 0 Å². The Bertz CT molecular complexity index is 1460. The number of hydrogen-bond donors (Lipinski definition) is 1. The van der Waals surface area contributed by atoms with Gasteiger partial charge in [-0.2, -0.15) is 4.98 Å². The van der Waals surface area contributed by atoms with Crippen LogP contribution < -0.4 is 15.0 Å². The topological polar surface area (TPSA) is 80.5 Å². The van der Waals surface area contributed by atoms with E-state index in [0.29, 0.717) is 34.1 Å². The summed E-state index contributed by atoms with van der Waals surface area (Å²) < 4.78 is 25.0. The molecule has 1 aliphatic rings. The second-order valence-corrected chi connectivity index (χ2v) is 8.71. The molecule has 2 amide bonds. The number of halogens is 1. The maximum atomic E-state index is 14.0. The van der Waals surface area contributed by atoms with E-state index in [0.717, 1.165) is 16.7 Å². The smallest absolute Gasteiger partial charge is 0.326 e. The Kier molecular flexibility index (Phi) is 6.01. The van der Waals surface area contributed by atoms with Crippen LogP contribution in [0.25, 0.3) is 17.0 Å². The molecule has 0 saturated heterocycles. The van der Waals surface area contributed by atoms with Crippen LogP contribution in [-0.4, -0.2) is 23.3 Å². The van der Waals surface area contributed by atoms with E-state index in [1.807, 2.05) is 62.4 Å². The lowest BCUT2D eigenvalue weighted by atomic mass is 9.94. The van der Waals surface area contributed by atoms with Crippen molar-refractivity contribution in [3.05, 3.63) is 101 Å². The van der Waals surface area contributed by atoms with Crippen molar-refractivity contribution in [2.75, 3.05) is 12.0 Å². The van der Waals surface area contributed by atoms with E-state index >= 15 is 0 Å². The van der Waals surface area contributed by atoms with Gasteiger partial charge in [0.2, 0.25) is 5.82 Å². The Morgan fingerprint density at radius 1 is 1.00 bits per heavy atom. The number of nitrogens with one attached hydrogen (secondary N) is 1. The van der Waals surface area contributed by atoms with E-state index in [-0.39, 0.29) is 17.7 Å². The molecule has 1 aliphatic heterocycles. The van der Waals surface area contributed by atoms with Crippen LogP contribution in [0.15, 0.2) is 77.0 Å². The van der Waals surface area contributed by atoms with Crippen molar-refractivity contribution in [2.24, 2.45) is 0 Å². The SMILES string of the molecule is COc1ccc(C2NC(=O)N(c3ccc(F)c(C)c3)C(C)=C2c2nc(-c3ccc(C)cc3)no2)cc1. The van der Waals surface area contributed by atoms with Crippen LogP contribution in [-0.2, 0) is 0 Å². The van der Waals surface area contributed by atoms with Gasteiger partial charge in [0.1, 0.15) is 11.6 Å². The van der Waals surface area contributed by atoms with Crippen molar-refractivity contribution in [3.8, 4) is 17.1 Å². The molecule has 0 aliphatic carbocycles. The van der Waals surface area contributed by atoms with Gasteiger partial charge in [-0.3, -0.25) is 4.90 Å². The highest BCUT2D eigenvalue weighted by molar-refractivity contribution is 6.01. The van der Waals surface area contributed by atoms with E-state index in [1.165, 1.54) is 11.0 Å². The molecular weight excluding hydrogens is 459 g/mol. The van der Waals surface area contributed by atoms with Gasteiger partial charge in [-0.1, -0.05) is 47.1 Å². The highest BCUT2D eigenvalue weighted by atomic mass is 19.1. The van der Waals surface area contributed by atoms with E-state index in [2.05, 4.69) is 15.5 Å². The molecule has 36 heavy (non-hydrogen) atoms. The molecule has 5 rings (SSSR count). The molecule has 1 N–H and O–H groups in total. The van der Waals surface area contributed by atoms with E-state index < -0.39 is 6.04 Å². The zero-order chi connectivity index (χ0) is 25.4. The Morgan fingerprint density at radius 3 is 2.39 bits per heavy atom. The molecule has 1 aromatic heterocycles. The average Bonchev–Trinajstić information content (AvgIpc) is 3.36. The quantitative estimate of drug-likeness (QED) is 0.365. The number of amides is 2. The molecule has 0 saturated carbocycles. The van der Waals surface area contributed by atoms with Gasteiger partial charge in [-0.15, -0.1) is 0 Å². The summed E-state index contributed by atoms with van der Waals surface area (Å²) in [6.45, 7) is 5.49.